The second-order valence-electron chi connectivity index (χ2n) is 8.49. The first kappa shape index (κ1) is 22.7. The summed E-state index contributed by atoms with van der Waals surface area (Å²) < 4.78 is 45.1. The number of nitrogens with one attached hydrogen (secondary N) is 2. The van der Waals surface area contributed by atoms with Crippen LogP contribution in [0.5, 0.6) is 0 Å². The summed E-state index contributed by atoms with van der Waals surface area (Å²) in [7, 11) is 0. The van der Waals surface area contributed by atoms with E-state index in [9.17, 15) is 22.8 Å². The summed E-state index contributed by atoms with van der Waals surface area (Å²) in [6, 6.07) is 19.0. The van der Waals surface area contributed by atoms with Crippen LogP contribution in [-0.4, -0.2) is 24.4 Å². The van der Waals surface area contributed by atoms with Crippen LogP contribution in [0.4, 0.5) is 13.2 Å². The lowest BCUT2D eigenvalue weighted by atomic mass is 9.99. The van der Waals surface area contributed by atoms with Crippen molar-refractivity contribution in [2.24, 2.45) is 0 Å². The zero-order valence-electron chi connectivity index (χ0n) is 18.5. The van der Waals surface area contributed by atoms with Gasteiger partial charge >= 0.3 is 6.18 Å². The van der Waals surface area contributed by atoms with Gasteiger partial charge < -0.3 is 15.1 Å². The van der Waals surface area contributed by atoms with Crippen LogP contribution in [0.2, 0.25) is 0 Å². The molecule has 5 nitrogen and oxygen atoms in total. The van der Waals surface area contributed by atoms with Crippen LogP contribution < -0.4 is 10.6 Å². The van der Waals surface area contributed by atoms with E-state index in [0.717, 1.165) is 28.6 Å². The van der Waals surface area contributed by atoms with Crippen LogP contribution in [-0.2, 0) is 17.4 Å². The highest BCUT2D eigenvalue weighted by molar-refractivity contribution is 6.00. The van der Waals surface area contributed by atoms with Gasteiger partial charge in [0.15, 0.2) is 0 Å². The van der Waals surface area contributed by atoms with Crippen molar-refractivity contribution in [2.45, 2.75) is 25.1 Å². The largest absolute Gasteiger partial charge is 0.461 e. The molecule has 2 amide bonds. The van der Waals surface area contributed by atoms with E-state index >= 15 is 0 Å². The number of rotatable bonds is 5. The second kappa shape index (κ2) is 8.94. The third-order valence-corrected chi connectivity index (χ3v) is 6.03. The van der Waals surface area contributed by atoms with Gasteiger partial charge in [0, 0.05) is 23.9 Å². The molecule has 1 fully saturated rings. The van der Waals surface area contributed by atoms with Gasteiger partial charge in [-0.05, 0) is 53.4 Å². The van der Waals surface area contributed by atoms with Gasteiger partial charge in [-0.1, -0.05) is 42.5 Å². The lowest BCUT2D eigenvalue weighted by molar-refractivity contribution is -0.137. The topological polar surface area (TPSA) is 71.3 Å². The van der Waals surface area contributed by atoms with Gasteiger partial charge in [0.05, 0.1) is 5.56 Å². The molecular formula is C27H21F3N2O3. The normalized spacial score (nSPS) is 15.9. The van der Waals surface area contributed by atoms with Crippen molar-refractivity contribution >= 4 is 22.8 Å². The standard InChI is InChI=1S/C27H21F3N2O3/c28-27(29,30)19-7-1-4-16(12-19)13-20-15-22-21(8-3-9-24(22)35-20)17-5-2-6-18(14-17)25(33)32-23-10-11-31-26(23)34/h1-9,12,14-15,23H,10-11,13H2,(H,31,34)(H,32,33). The van der Waals surface area contributed by atoms with Crippen LogP contribution in [0.3, 0.4) is 0 Å². The monoisotopic (exact) mass is 478 g/mol. The molecule has 5 rings (SSSR count). The summed E-state index contributed by atoms with van der Waals surface area (Å²) >= 11 is 0. The maximum Gasteiger partial charge on any atom is 0.416 e. The van der Waals surface area contributed by atoms with E-state index in [0.29, 0.717) is 35.4 Å². The third-order valence-electron chi connectivity index (χ3n) is 6.03. The fourth-order valence-corrected chi connectivity index (χ4v) is 4.31. The fourth-order valence-electron chi connectivity index (χ4n) is 4.31. The number of hydrogen-bond donors (Lipinski definition) is 2. The van der Waals surface area contributed by atoms with Gasteiger partial charge in [-0.15, -0.1) is 0 Å². The van der Waals surface area contributed by atoms with Crippen LogP contribution >= 0.6 is 0 Å². The average Bonchev–Trinajstić information content (AvgIpc) is 3.43. The first-order valence-electron chi connectivity index (χ1n) is 11.1. The number of hydrogen-bond acceptors (Lipinski definition) is 3. The van der Waals surface area contributed by atoms with Crippen molar-refractivity contribution in [3.8, 4) is 11.1 Å². The van der Waals surface area contributed by atoms with Crippen LogP contribution in [0.25, 0.3) is 22.1 Å². The van der Waals surface area contributed by atoms with Crippen molar-refractivity contribution in [3.05, 3.63) is 95.2 Å². The number of carbonyl (C=O) groups is 2. The van der Waals surface area contributed by atoms with E-state index in [2.05, 4.69) is 10.6 Å². The van der Waals surface area contributed by atoms with Crippen LogP contribution in [0, 0.1) is 0 Å². The van der Waals surface area contributed by atoms with Gasteiger partial charge in [-0.25, -0.2) is 0 Å². The molecular weight excluding hydrogens is 457 g/mol. The van der Waals surface area contributed by atoms with Crippen molar-refractivity contribution in [1.82, 2.24) is 10.6 Å². The highest BCUT2D eigenvalue weighted by atomic mass is 19.4. The Balaban J connectivity index is 1.42. The minimum absolute atomic E-state index is 0.189. The molecule has 1 aromatic heterocycles. The fraction of sp³-hybridized carbons (Fsp3) is 0.185. The first-order valence-corrected chi connectivity index (χ1v) is 11.1. The Morgan fingerprint density at radius 2 is 1.83 bits per heavy atom. The van der Waals surface area contributed by atoms with E-state index in [1.807, 2.05) is 24.3 Å². The van der Waals surface area contributed by atoms with Crippen LogP contribution in [0.1, 0.15) is 33.7 Å². The molecule has 2 N–H and O–H groups in total. The number of amides is 2. The maximum atomic E-state index is 13.1. The number of fused-ring (bicyclic) bond motifs is 1. The summed E-state index contributed by atoms with van der Waals surface area (Å²) in [5, 5.41) is 6.25. The van der Waals surface area contributed by atoms with E-state index in [4.69, 9.17) is 4.42 Å². The van der Waals surface area contributed by atoms with Gasteiger partial charge in [-0.2, -0.15) is 13.2 Å². The van der Waals surface area contributed by atoms with Crippen molar-refractivity contribution in [2.75, 3.05) is 6.54 Å². The molecule has 4 aromatic rings. The molecule has 3 aromatic carbocycles. The average molecular weight is 478 g/mol. The predicted octanol–water partition coefficient (Wildman–Crippen LogP) is 5.33. The molecule has 2 heterocycles. The summed E-state index contributed by atoms with van der Waals surface area (Å²) in [5.74, 6) is 0.0115. The molecule has 1 aliphatic heterocycles. The molecule has 1 aliphatic rings. The lowest BCUT2D eigenvalue weighted by Crippen LogP contribution is -2.40. The molecule has 1 atom stereocenters. The summed E-state index contributed by atoms with van der Waals surface area (Å²) in [5.41, 5.74) is 2.43. The quantitative estimate of drug-likeness (QED) is 0.408. The Kier molecular flexibility index (Phi) is 5.80. The molecule has 0 spiro atoms. The molecule has 0 aliphatic carbocycles. The number of carbonyl (C=O) groups excluding carboxylic acids is 2. The van der Waals surface area contributed by atoms with E-state index in [1.54, 1.807) is 30.3 Å². The zero-order valence-corrected chi connectivity index (χ0v) is 18.5. The number of furan rings is 1. The molecule has 0 bridgehead atoms. The maximum absolute atomic E-state index is 13.1. The van der Waals surface area contributed by atoms with Gasteiger partial charge in [0.2, 0.25) is 5.91 Å². The minimum atomic E-state index is -4.41. The smallest absolute Gasteiger partial charge is 0.416 e. The van der Waals surface area contributed by atoms with E-state index in [-0.39, 0.29) is 18.2 Å². The van der Waals surface area contributed by atoms with Crippen LogP contribution in [0.15, 0.2) is 77.2 Å². The summed E-state index contributed by atoms with van der Waals surface area (Å²) in [6.07, 6.45) is -3.65. The lowest BCUT2D eigenvalue weighted by Gasteiger charge is -2.11. The Morgan fingerprint density at radius 3 is 2.60 bits per heavy atom. The third kappa shape index (κ3) is 4.77. The molecule has 8 heteroatoms. The Bertz CT molecular complexity index is 1420. The molecule has 0 radical (unpaired) electrons. The number of alkyl halides is 3. The summed E-state index contributed by atoms with van der Waals surface area (Å²) in [4.78, 5) is 24.5. The minimum Gasteiger partial charge on any atom is -0.461 e. The SMILES string of the molecule is O=C(NC1CCNC1=O)c1cccc(-c2cccc3oc(Cc4cccc(C(F)(F)F)c4)cc23)c1. The predicted molar refractivity (Wildman–Crippen MR) is 125 cm³/mol. The molecule has 1 saturated heterocycles. The first-order chi connectivity index (χ1) is 16.8. The second-order valence-corrected chi connectivity index (χ2v) is 8.49. The van der Waals surface area contributed by atoms with Gasteiger partial charge in [0.25, 0.3) is 5.91 Å². The summed E-state index contributed by atoms with van der Waals surface area (Å²) in [6.45, 7) is 0.537. The van der Waals surface area contributed by atoms with Crippen molar-refractivity contribution in [3.63, 3.8) is 0 Å². The Hall–Kier alpha value is -4.07. The molecule has 35 heavy (non-hydrogen) atoms. The van der Waals surface area contributed by atoms with Crippen molar-refractivity contribution < 1.29 is 27.2 Å². The van der Waals surface area contributed by atoms with Gasteiger partial charge in [0.1, 0.15) is 17.4 Å². The number of halogens is 3. The molecule has 178 valence electrons. The Labute approximate surface area is 198 Å². The number of benzene rings is 3. The zero-order chi connectivity index (χ0) is 24.6. The Morgan fingerprint density at radius 1 is 1.03 bits per heavy atom. The van der Waals surface area contributed by atoms with E-state index in [1.165, 1.54) is 6.07 Å². The highest BCUT2D eigenvalue weighted by Crippen LogP contribution is 2.33. The van der Waals surface area contributed by atoms with Crippen molar-refractivity contribution in [1.29, 1.82) is 0 Å². The molecule has 1 unspecified atom stereocenters. The highest BCUT2D eigenvalue weighted by Gasteiger charge is 2.30. The van der Waals surface area contributed by atoms with E-state index < -0.39 is 17.8 Å². The van der Waals surface area contributed by atoms with Gasteiger partial charge in [-0.3, -0.25) is 9.59 Å². The molecule has 0 saturated carbocycles.